The number of nitrogens with one attached hydrogen (secondary N) is 1. The summed E-state index contributed by atoms with van der Waals surface area (Å²) >= 11 is 0. The normalized spacial score (nSPS) is 9.95. The van der Waals surface area contributed by atoms with E-state index in [2.05, 4.69) is 5.32 Å². The summed E-state index contributed by atoms with van der Waals surface area (Å²) in [7, 11) is 0. The predicted octanol–water partition coefficient (Wildman–Crippen LogP) is 2.84. The number of carboxylic acids is 1. The molecule has 2 aromatic carbocycles. The van der Waals surface area contributed by atoms with Crippen molar-refractivity contribution in [3.05, 3.63) is 48.0 Å². The van der Waals surface area contributed by atoms with Crippen molar-refractivity contribution >= 4 is 17.6 Å². The van der Waals surface area contributed by atoms with Crippen LogP contribution in [0.4, 0.5) is 5.69 Å². The van der Waals surface area contributed by atoms with Gasteiger partial charge in [0.05, 0.1) is 5.69 Å². The molecule has 0 aliphatic carbocycles. The third kappa shape index (κ3) is 3.50. The Kier molecular flexibility index (Phi) is 4.08. The molecule has 0 atom stereocenters. The fraction of sp³-hybridized carbons (Fsp3) is 0.0667. The fourth-order valence-corrected chi connectivity index (χ4v) is 1.73. The van der Waals surface area contributed by atoms with E-state index in [1.165, 1.54) is 25.1 Å². The highest BCUT2D eigenvalue weighted by molar-refractivity contribution is 5.91. The van der Waals surface area contributed by atoms with E-state index in [1.807, 2.05) is 0 Å². The molecular weight excluding hydrogens is 274 g/mol. The average Bonchev–Trinajstić information content (AvgIpc) is 2.42. The largest absolute Gasteiger partial charge is 0.507 e. The van der Waals surface area contributed by atoms with Crippen molar-refractivity contribution in [1.82, 2.24) is 0 Å². The van der Waals surface area contributed by atoms with Gasteiger partial charge in [0.2, 0.25) is 5.91 Å². The number of para-hydroxylation sites is 2. The first kappa shape index (κ1) is 14.4. The van der Waals surface area contributed by atoms with Crippen molar-refractivity contribution in [2.24, 2.45) is 0 Å². The molecule has 0 aromatic heterocycles. The molecule has 0 aliphatic rings. The predicted molar refractivity (Wildman–Crippen MR) is 75.9 cm³/mol. The van der Waals surface area contributed by atoms with Crippen LogP contribution in [-0.2, 0) is 4.79 Å². The van der Waals surface area contributed by atoms with Crippen LogP contribution in [0.3, 0.4) is 0 Å². The Hall–Kier alpha value is -3.02. The minimum Gasteiger partial charge on any atom is -0.507 e. The van der Waals surface area contributed by atoms with Crippen LogP contribution in [0.2, 0.25) is 0 Å². The van der Waals surface area contributed by atoms with Gasteiger partial charge >= 0.3 is 5.97 Å². The van der Waals surface area contributed by atoms with Gasteiger partial charge in [-0.3, -0.25) is 4.79 Å². The lowest BCUT2D eigenvalue weighted by Gasteiger charge is -2.12. The Morgan fingerprint density at radius 3 is 2.52 bits per heavy atom. The van der Waals surface area contributed by atoms with E-state index in [9.17, 15) is 14.7 Å². The molecule has 0 spiro atoms. The zero-order valence-electron chi connectivity index (χ0n) is 11.2. The molecule has 0 aliphatic heterocycles. The summed E-state index contributed by atoms with van der Waals surface area (Å²) in [6, 6.07) is 10.6. The Bertz CT molecular complexity index is 696. The number of carbonyl (C=O) groups is 2. The molecule has 2 rings (SSSR count). The summed E-state index contributed by atoms with van der Waals surface area (Å²) in [6.45, 7) is 1.37. The van der Waals surface area contributed by atoms with Crippen molar-refractivity contribution < 1.29 is 24.5 Å². The van der Waals surface area contributed by atoms with Crippen LogP contribution in [0, 0.1) is 0 Å². The van der Waals surface area contributed by atoms with Gasteiger partial charge in [-0.1, -0.05) is 12.1 Å². The zero-order chi connectivity index (χ0) is 15.4. The maximum absolute atomic E-state index is 11.1. The molecule has 3 N–H and O–H groups in total. The molecule has 21 heavy (non-hydrogen) atoms. The molecular formula is C15H13NO5. The van der Waals surface area contributed by atoms with Crippen LogP contribution in [-0.4, -0.2) is 22.1 Å². The third-order valence-corrected chi connectivity index (χ3v) is 2.62. The molecule has 6 heteroatoms. The van der Waals surface area contributed by atoms with Crippen molar-refractivity contribution in [1.29, 1.82) is 0 Å². The first-order valence-electron chi connectivity index (χ1n) is 6.08. The van der Waals surface area contributed by atoms with E-state index in [1.54, 1.807) is 24.3 Å². The van der Waals surface area contributed by atoms with Gasteiger partial charge in [-0.25, -0.2) is 4.79 Å². The number of rotatable bonds is 4. The summed E-state index contributed by atoms with van der Waals surface area (Å²) in [6.07, 6.45) is 0. The second-order valence-electron chi connectivity index (χ2n) is 4.26. The Labute approximate surface area is 120 Å². The van der Waals surface area contributed by atoms with Gasteiger partial charge < -0.3 is 20.3 Å². The summed E-state index contributed by atoms with van der Waals surface area (Å²) in [5.74, 6) is -1.24. The summed E-state index contributed by atoms with van der Waals surface area (Å²) in [4.78, 5) is 22.1. The number of carboxylic acid groups (broad SMARTS) is 1. The highest BCUT2D eigenvalue weighted by Gasteiger charge is 2.12. The number of aromatic hydroxyl groups is 1. The van der Waals surface area contributed by atoms with Crippen molar-refractivity contribution in [3.8, 4) is 17.2 Å². The number of carbonyl (C=O) groups excluding carboxylic acids is 1. The van der Waals surface area contributed by atoms with E-state index >= 15 is 0 Å². The zero-order valence-corrected chi connectivity index (χ0v) is 11.2. The maximum Gasteiger partial charge on any atom is 0.339 e. The van der Waals surface area contributed by atoms with Gasteiger partial charge in [0.25, 0.3) is 0 Å². The Balaban J connectivity index is 2.32. The van der Waals surface area contributed by atoms with Crippen LogP contribution in [0.5, 0.6) is 17.2 Å². The van der Waals surface area contributed by atoms with Crippen LogP contribution in [0.15, 0.2) is 42.5 Å². The fourth-order valence-electron chi connectivity index (χ4n) is 1.73. The van der Waals surface area contributed by atoms with Gasteiger partial charge in [-0.15, -0.1) is 0 Å². The van der Waals surface area contributed by atoms with Gasteiger partial charge in [0, 0.05) is 6.92 Å². The summed E-state index contributed by atoms with van der Waals surface area (Å²) < 4.78 is 5.57. The van der Waals surface area contributed by atoms with Gasteiger partial charge in [-0.05, 0) is 30.3 Å². The lowest BCUT2D eigenvalue weighted by Crippen LogP contribution is -2.06. The van der Waals surface area contributed by atoms with Gasteiger partial charge in [0.15, 0.2) is 5.75 Å². The molecule has 0 saturated heterocycles. The molecule has 108 valence electrons. The Morgan fingerprint density at radius 1 is 1.14 bits per heavy atom. The standard InChI is InChI=1S/C15H13NO5/c1-9(17)16-12-4-2-3-5-14(12)21-10-6-7-13(18)11(8-10)15(19)20/h2-8,18H,1H3,(H,16,17)(H,19,20). The number of aromatic carboxylic acids is 1. The second kappa shape index (κ2) is 5.96. The van der Waals surface area contributed by atoms with Gasteiger partial charge in [-0.2, -0.15) is 0 Å². The monoisotopic (exact) mass is 287 g/mol. The lowest BCUT2D eigenvalue weighted by molar-refractivity contribution is -0.114. The third-order valence-electron chi connectivity index (χ3n) is 2.62. The molecule has 0 unspecified atom stereocenters. The number of hydrogen-bond acceptors (Lipinski definition) is 4. The molecule has 0 radical (unpaired) electrons. The SMILES string of the molecule is CC(=O)Nc1ccccc1Oc1ccc(O)c(C(=O)O)c1. The summed E-state index contributed by atoms with van der Waals surface area (Å²) in [5.41, 5.74) is 0.208. The van der Waals surface area contributed by atoms with Gasteiger partial charge in [0.1, 0.15) is 17.1 Å². The topological polar surface area (TPSA) is 95.9 Å². The molecule has 0 bridgehead atoms. The van der Waals surface area contributed by atoms with E-state index in [4.69, 9.17) is 9.84 Å². The van der Waals surface area contributed by atoms with Crippen LogP contribution >= 0.6 is 0 Å². The highest BCUT2D eigenvalue weighted by atomic mass is 16.5. The van der Waals surface area contributed by atoms with Crippen LogP contribution in [0.1, 0.15) is 17.3 Å². The quantitative estimate of drug-likeness (QED) is 0.803. The minimum atomic E-state index is -1.26. The molecule has 0 heterocycles. The van der Waals surface area contributed by atoms with Crippen molar-refractivity contribution in [3.63, 3.8) is 0 Å². The number of benzene rings is 2. The van der Waals surface area contributed by atoms with Crippen molar-refractivity contribution in [2.45, 2.75) is 6.92 Å². The number of phenols is 1. The number of ether oxygens (including phenoxy) is 1. The second-order valence-corrected chi connectivity index (χ2v) is 4.26. The van der Waals surface area contributed by atoms with E-state index in [-0.39, 0.29) is 23.0 Å². The molecule has 0 fully saturated rings. The molecule has 1 amide bonds. The number of amides is 1. The minimum absolute atomic E-state index is 0.239. The molecule has 2 aromatic rings. The van der Waals surface area contributed by atoms with E-state index < -0.39 is 5.97 Å². The maximum atomic E-state index is 11.1. The summed E-state index contributed by atoms with van der Waals surface area (Å²) in [5, 5.41) is 21.0. The highest BCUT2D eigenvalue weighted by Crippen LogP contribution is 2.31. The molecule has 0 saturated carbocycles. The lowest BCUT2D eigenvalue weighted by atomic mass is 10.2. The Morgan fingerprint density at radius 2 is 1.86 bits per heavy atom. The van der Waals surface area contributed by atoms with Crippen LogP contribution < -0.4 is 10.1 Å². The number of anilines is 1. The van der Waals surface area contributed by atoms with Crippen molar-refractivity contribution in [2.75, 3.05) is 5.32 Å². The van der Waals surface area contributed by atoms with E-state index in [0.29, 0.717) is 11.4 Å². The first-order valence-corrected chi connectivity index (χ1v) is 6.08. The van der Waals surface area contributed by atoms with Crippen LogP contribution in [0.25, 0.3) is 0 Å². The smallest absolute Gasteiger partial charge is 0.339 e. The average molecular weight is 287 g/mol. The number of hydrogen-bond donors (Lipinski definition) is 3. The van der Waals surface area contributed by atoms with E-state index in [0.717, 1.165) is 0 Å². The first-order chi connectivity index (χ1) is 9.97. The molecule has 6 nitrogen and oxygen atoms in total.